The molecule has 1 aromatic carbocycles. The van der Waals surface area contributed by atoms with Gasteiger partial charge in [0.05, 0.1) is 12.5 Å². The van der Waals surface area contributed by atoms with Crippen molar-refractivity contribution in [1.82, 2.24) is 0 Å². The molecule has 0 fully saturated rings. The van der Waals surface area contributed by atoms with Crippen LogP contribution in [-0.2, 0) is 12.3 Å². The van der Waals surface area contributed by atoms with Crippen molar-refractivity contribution in [3.05, 3.63) is 35.4 Å². The monoisotopic (exact) mass is 181 g/mol. The fourth-order valence-electron chi connectivity index (χ4n) is 1.19. The maximum atomic E-state index is 12.9. The third kappa shape index (κ3) is 2.25. The van der Waals surface area contributed by atoms with Crippen molar-refractivity contribution in [2.24, 2.45) is 0 Å². The van der Waals surface area contributed by atoms with Crippen LogP contribution in [0.1, 0.15) is 18.1 Å². The van der Waals surface area contributed by atoms with Gasteiger partial charge in [-0.3, -0.25) is 0 Å². The first-order chi connectivity index (χ1) is 6.05. The normalized spacial score (nSPS) is 10.9. The molecule has 1 rings (SSSR count). The summed E-state index contributed by atoms with van der Waals surface area (Å²) in [5.74, 6) is -2.87. The number of nitriles is 1. The van der Waals surface area contributed by atoms with Crippen LogP contribution in [0, 0.1) is 11.3 Å². The minimum absolute atomic E-state index is 0.0274. The largest absolute Gasteiger partial charge is 0.270 e. The molecule has 0 atom stereocenters. The third-order valence-corrected chi connectivity index (χ3v) is 1.76. The van der Waals surface area contributed by atoms with Crippen molar-refractivity contribution in [2.75, 3.05) is 0 Å². The highest BCUT2D eigenvalue weighted by atomic mass is 19.3. The highest BCUT2D eigenvalue weighted by Crippen LogP contribution is 2.29. The molecule has 0 spiro atoms. The molecule has 0 saturated carbocycles. The van der Waals surface area contributed by atoms with Gasteiger partial charge in [-0.2, -0.15) is 5.26 Å². The van der Waals surface area contributed by atoms with Gasteiger partial charge < -0.3 is 0 Å². The fourth-order valence-corrected chi connectivity index (χ4v) is 1.19. The molecule has 68 valence electrons. The lowest BCUT2D eigenvalue weighted by atomic mass is 10.0. The van der Waals surface area contributed by atoms with Crippen molar-refractivity contribution < 1.29 is 8.78 Å². The van der Waals surface area contributed by atoms with E-state index in [0.717, 1.165) is 6.92 Å². The van der Waals surface area contributed by atoms with Gasteiger partial charge in [-0.1, -0.05) is 24.3 Å². The summed E-state index contributed by atoms with van der Waals surface area (Å²) in [6.45, 7) is 0.837. The first-order valence-electron chi connectivity index (χ1n) is 3.89. The Bertz CT molecular complexity index is 334. The third-order valence-electron chi connectivity index (χ3n) is 1.76. The number of halogens is 2. The van der Waals surface area contributed by atoms with E-state index in [1.807, 2.05) is 6.07 Å². The summed E-state index contributed by atoms with van der Waals surface area (Å²) in [5.41, 5.74) is 0.342. The van der Waals surface area contributed by atoms with Gasteiger partial charge in [0.15, 0.2) is 0 Å². The molecular weight excluding hydrogens is 172 g/mol. The summed E-state index contributed by atoms with van der Waals surface area (Å²) in [5, 5.41) is 8.41. The van der Waals surface area contributed by atoms with Crippen LogP contribution in [0.2, 0.25) is 0 Å². The number of benzene rings is 1. The lowest BCUT2D eigenvalue weighted by Crippen LogP contribution is -2.10. The second-order valence-corrected chi connectivity index (χ2v) is 2.88. The minimum Gasteiger partial charge on any atom is -0.202 e. The fraction of sp³-hybridized carbons (Fsp3) is 0.300. The molecule has 1 nitrogen and oxygen atoms in total. The summed E-state index contributed by atoms with van der Waals surface area (Å²) in [4.78, 5) is 0. The van der Waals surface area contributed by atoms with E-state index in [2.05, 4.69) is 0 Å². The van der Waals surface area contributed by atoms with E-state index < -0.39 is 5.92 Å². The van der Waals surface area contributed by atoms with E-state index >= 15 is 0 Å². The Morgan fingerprint density at radius 2 is 2.00 bits per heavy atom. The molecule has 13 heavy (non-hydrogen) atoms. The number of hydrogen-bond acceptors (Lipinski definition) is 1. The van der Waals surface area contributed by atoms with Crippen molar-refractivity contribution >= 4 is 0 Å². The Balaban J connectivity index is 3.14. The Morgan fingerprint density at radius 3 is 2.54 bits per heavy atom. The molecule has 0 amide bonds. The molecule has 0 saturated heterocycles. The summed E-state index contributed by atoms with van der Waals surface area (Å²) >= 11 is 0. The van der Waals surface area contributed by atoms with E-state index in [1.165, 1.54) is 6.07 Å². The molecule has 3 heteroatoms. The zero-order chi connectivity index (χ0) is 9.90. The number of hydrogen-bond donors (Lipinski definition) is 0. The van der Waals surface area contributed by atoms with Crippen LogP contribution in [0.25, 0.3) is 0 Å². The van der Waals surface area contributed by atoms with Crippen LogP contribution >= 0.6 is 0 Å². The van der Waals surface area contributed by atoms with E-state index in [9.17, 15) is 8.78 Å². The molecule has 0 aliphatic carbocycles. The second kappa shape index (κ2) is 3.53. The highest BCUT2D eigenvalue weighted by molar-refractivity contribution is 5.32. The maximum Gasteiger partial charge on any atom is 0.270 e. The van der Waals surface area contributed by atoms with Crippen LogP contribution < -0.4 is 0 Å². The molecule has 0 aromatic heterocycles. The molecule has 0 heterocycles. The van der Waals surface area contributed by atoms with Crippen molar-refractivity contribution in [1.29, 1.82) is 5.26 Å². The summed E-state index contributed by atoms with van der Waals surface area (Å²) in [6.07, 6.45) is 0.0274. The standard InChI is InChI=1S/C10H9F2N/c1-10(11,12)9-5-3-2-4-8(9)6-7-13/h2-5H,6H2,1H3. The molecule has 0 bridgehead atoms. The Labute approximate surface area is 75.6 Å². The average Bonchev–Trinajstić information content (AvgIpc) is 2.04. The van der Waals surface area contributed by atoms with Gasteiger partial charge in [0.1, 0.15) is 0 Å². The van der Waals surface area contributed by atoms with Crippen molar-refractivity contribution in [2.45, 2.75) is 19.3 Å². The number of rotatable bonds is 2. The second-order valence-electron chi connectivity index (χ2n) is 2.88. The van der Waals surface area contributed by atoms with Gasteiger partial charge in [-0.15, -0.1) is 0 Å². The van der Waals surface area contributed by atoms with E-state index in [0.29, 0.717) is 5.56 Å². The molecule has 0 N–H and O–H groups in total. The van der Waals surface area contributed by atoms with Crippen molar-refractivity contribution in [3.8, 4) is 6.07 Å². The van der Waals surface area contributed by atoms with E-state index in [1.54, 1.807) is 18.2 Å². The lowest BCUT2D eigenvalue weighted by molar-refractivity contribution is 0.0167. The number of nitrogens with zero attached hydrogens (tertiary/aromatic N) is 1. The van der Waals surface area contributed by atoms with Crippen LogP contribution in [0.15, 0.2) is 24.3 Å². The first kappa shape index (κ1) is 9.66. The van der Waals surface area contributed by atoms with Crippen LogP contribution in [0.3, 0.4) is 0 Å². The SMILES string of the molecule is CC(F)(F)c1ccccc1CC#N. The van der Waals surface area contributed by atoms with E-state index in [-0.39, 0.29) is 12.0 Å². The Morgan fingerprint density at radius 1 is 1.38 bits per heavy atom. The molecule has 0 aliphatic rings. The van der Waals surface area contributed by atoms with Gasteiger partial charge in [-0.25, -0.2) is 8.78 Å². The van der Waals surface area contributed by atoms with Crippen LogP contribution in [-0.4, -0.2) is 0 Å². The number of alkyl halides is 2. The summed E-state index contributed by atoms with van der Waals surface area (Å²) < 4.78 is 25.9. The van der Waals surface area contributed by atoms with Crippen LogP contribution in [0.5, 0.6) is 0 Å². The quantitative estimate of drug-likeness (QED) is 0.688. The molecule has 1 aromatic rings. The molecule has 0 unspecified atom stereocenters. The lowest BCUT2D eigenvalue weighted by Gasteiger charge is -2.13. The first-order valence-corrected chi connectivity index (χ1v) is 3.89. The van der Waals surface area contributed by atoms with E-state index in [4.69, 9.17) is 5.26 Å². The zero-order valence-corrected chi connectivity index (χ0v) is 7.22. The predicted octanol–water partition coefficient (Wildman–Crippen LogP) is 2.86. The predicted molar refractivity (Wildman–Crippen MR) is 45.3 cm³/mol. The highest BCUT2D eigenvalue weighted by Gasteiger charge is 2.26. The summed E-state index contributed by atoms with van der Waals surface area (Å²) in [7, 11) is 0. The Hall–Kier alpha value is -1.43. The minimum atomic E-state index is -2.87. The van der Waals surface area contributed by atoms with Crippen LogP contribution in [0.4, 0.5) is 8.78 Å². The smallest absolute Gasteiger partial charge is 0.202 e. The summed E-state index contributed by atoms with van der Waals surface area (Å²) in [6, 6.07) is 7.97. The van der Waals surface area contributed by atoms with Crippen molar-refractivity contribution in [3.63, 3.8) is 0 Å². The van der Waals surface area contributed by atoms with Gasteiger partial charge in [-0.05, 0) is 5.56 Å². The molecular formula is C10H9F2N. The maximum absolute atomic E-state index is 12.9. The topological polar surface area (TPSA) is 23.8 Å². The molecule has 0 aliphatic heterocycles. The Kier molecular flexibility index (Phi) is 2.62. The molecule has 0 radical (unpaired) electrons. The zero-order valence-electron chi connectivity index (χ0n) is 7.22. The van der Waals surface area contributed by atoms with Gasteiger partial charge in [0.2, 0.25) is 0 Å². The van der Waals surface area contributed by atoms with Gasteiger partial charge >= 0.3 is 0 Å². The van der Waals surface area contributed by atoms with Gasteiger partial charge in [0, 0.05) is 12.5 Å². The van der Waals surface area contributed by atoms with Gasteiger partial charge in [0.25, 0.3) is 5.92 Å². The average molecular weight is 181 g/mol.